The van der Waals surface area contributed by atoms with E-state index < -0.39 is 10.0 Å². The molecule has 1 aliphatic rings. The number of carbonyl (C=O) groups is 1. The van der Waals surface area contributed by atoms with Crippen molar-refractivity contribution in [2.75, 3.05) is 26.9 Å². The normalized spacial score (nSPS) is 13.2. The zero-order chi connectivity index (χ0) is 19.6. The third-order valence-electron chi connectivity index (χ3n) is 4.12. The number of hydrogen-bond acceptors (Lipinski definition) is 6. The predicted molar refractivity (Wildman–Crippen MR) is 103 cm³/mol. The number of ether oxygens (including phenoxy) is 2. The Morgan fingerprint density at radius 1 is 1.22 bits per heavy atom. The van der Waals surface area contributed by atoms with E-state index in [0.29, 0.717) is 28.9 Å². The second kappa shape index (κ2) is 8.05. The maximum atomic E-state index is 12.6. The predicted octanol–water partition coefficient (Wildman–Crippen LogP) is 2.80. The largest absolute Gasteiger partial charge is 0.454 e. The van der Waals surface area contributed by atoms with Crippen molar-refractivity contribution >= 4 is 38.9 Å². The van der Waals surface area contributed by atoms with Gasteiger partial charge in [-0.2, -0.15) is 4.31 Å². The lowest BCUT2D eigenvalue weighted by molar-refractivity contribution is -0.131. The van der Waals surface area contributed by atoms with Gasteiger partial charge in [-0.15, -0.1) is 11.3 Å². The van der Waals surface area contributed by atoms with Crippen molar-refractivity contribution < 1.29 is 22.7 Å². The van der Waals surface area contributed by atoms with Crippen LogP contribution in [0.3, 0.4) is 0 Å². The van der Waals surface area contributed by atoms with Gasteiger partial charge < -0.3 is 14.4 Å². The quantitative estimate of drug-likeness (QED) is 0.675. The molecule has 0 N–H and O–H groups in total. The zero-order valence-corrected chi connectivity index (χ0v) is 17.2. The molecule has 1 aromatic heterocycles. The van der Waals surface area contributed by atoms with Crippen LogP contribution in [-0.2, 0) is 21.4 Å². The highest BCUT2D eigenvalue weighted by Crippen LogP contribution is 2.33. The summed E-state index contributed by atoms with van der Waals surface area (Å²) in [5.41, 5.74) is 0.880. The number of halogens is 1. The van der Waals surface area contributed by atoms with Crippen LogP contribution in [0.25, 0.3) is 0 Å². The smallest absolute Gasteiger partial charge is 0.252 e. The molecule has 0 unspecified atom stereocenters. The molecule has 7 nitrogen and oxygen atoms in total. The lowest BCUT2D eigenvalue weighted by atomic mass is 10.2. The summed E-state index contributed by atoms with van der Waals surface area (Å²) in [6.45, 7) is 2.58. The molecule has 0 bridgehead atoms. The molecular weight excluding hydrogens is 412 g/mol. The van der Waals surface area contributed by atoms with E-state index in [0.717, 1.165) is 21.2 Å². The van der Waals surface area contributed by atoms with Crippen LogP contribution in [0, 0.1) is 0 Å². The summed E-state index contributed by atoms with van der Waals surface area (Å²) in [7, 11) is -2.37. The van der Waals surface area contributed by atoms with Gasteiger partial charge in [0, 0.05) is 20.1 Å². The molecule has 0 aliphatic carbocycles. The number of sulfonamides is 1. The van der Waals surface area contributed by atoms with E-state index >= 15 is 0 Å². The molecule has 0 saturated carbocycles. The number of carbonyl (C=O) groups excluding carboxylic acids is 1. The summed E-state index contributed by atoms with van der Waals surface area (Å²) in [6, 6.07) is 8.44. The summed E-state index contributed by atoms with van der Waals surface area (Å²) in [4.78, 5) is 14.2. The van der Waals surface area contributed by atoms with Crippen LogP contribution in [0.2, 0.25) is 4.34 Å². The molecule has 1 amide bonds. The third-order valence-corrected chi connectivity index (χ3v) is 7.62. The molecular formula is C17H19ClN2O5S2. The molecule has 2 heterocycles. The highest BCUT2D eigenvalue weighted by atomic mass is 35.5. The molecule has 146 valence electrons. The Bertz CT molecular complexity index is 945. The van der Waals surface area contributed by atoms with Gasteiger partial charge >= 0.3 is 0 Å². The molecule has 2 aromatic rings. The number of amides is 1. The SMILES string of the molecule is CCN(Cc1ccc2c(c1)OCO2)C(=O)CN(C)S(=O)(=O)c1ccc(Cl)s1. The maximum Gasteiger partial charge on any atom is 0.252 e. The Kier molecular flexibility index (Phi) is 5.95. The third kappa shape index (κ3) is 4.37. The van der Waals surface area contributed by atoms with E-state index in [9.17, 15) is 13.2 Å². The highest BCUT2D eigenvalue weighted by molar-refractivity contribution is 7.91. The van der Waals surface area contributed by atoms with Gasteiger partial charge in [0.25, 0.3) is 10.0 Å². The van der Waals surface area contributed by atoms with Crippen molar-refractivity contribution in [1.82, 2.24) is 9.21 Å². The van der Waals surface area contributed by atoms with E-state index in [1.54, 1.807) is 11.0 Å². The Morgan fingerprint density at radius 2 is 1.96 bits per heavy atom. The van der Waals surface area contributed by atoms with Crippen molar-refractivity contribution in [3.05, 3.63) is 40.2 Å². The van der Waals surface area contributed by atoms with Crippen LogP contribution in [0.4, 0.5) is 0 Å². The van der Waals surface area contributed by atoms with Crippen LogP contribution in [0.15, 0.2) is 34.5 Å². The van der Waals surface area contributed by atoms with E-state index in [-0.39, 0.29) is 23.5 Å². The van der Waals surface area contributed by atoms with E-state index in [1.807, 2.05) is 19.1 Å². The molecule has 0 radical (unpaired) electrons. The Morgan fingerprint density at radius 3 is 2.63 bits per heavy atom. The first-order valence-corrected chi connectivity index (χ1v) is 10.8. The summed E-state index contributed by atoms with van der Waals surface area (Å²) in [5.74, 6) is 1.03. The van der Waals surface area contributed by atoms with Crippen LogP contribution < -0.4 is 9.47 Å². The fourth-order valence-electron chi connectivity index (χ4n) is 2.60. The second-order valence-electron chi connectivity index (χ2n) is 5.92. The minimum Gasteiger partial charge on any atom is -0.454 e. The van der Waals surface area contributed by atoms with Crippen molar-refractivity contribution in [2.45, 2.75) is 17.7 Å². The van der Waals surface area contributed by atoms with Crippen molar-refractivity contribution in [2.24, 2.45) is 0 Å². The number of likely N-dealkylation sites (N-methyl/N-ethyl adjacent to an activating group) is 2. The zero-order valence-electron chi connectivity index (χ0n) is 14.8. The average molecular weight is 431 g/mol. The first kappa shape index (κ1) is 19.9. The summed E-state index contributed by atoms with van der Waals surface area (Å²) in [5, 5.41) is 0. The summed E-state index contributed by atoms with van der Waals surface area (Å²) >= 11 is 6.78. The molecule has 10 heteroatoms. The second-order valence-corrected chi connectivity index (χ2v) is 9.90. The molecule has 1 aromatic carbocycles. The number of nitrogens with zero attached hydrogens (tertiary/aromatic N) is 2. The van der Waals surface area contributed by atoms with Crippen LogP contribution in [0.1, 0.15) is 12.5 Å². The van der Waals surface area contributed by atoms with Crippen LogP contribution in [-0.4, -0.2) is 50.5 Å². The molecule has 0 atom stereocenters. The van der Waals surface area contributed by atoms with E-state index in [4.69, 9.17) is 21.1 Å². The fraction of sp³-hybridized carbons (Fsp3) is 0.353. The molecule has 0 fully saturated rings. The Hall–Kier alpha value is -1.81. The van der Waals surface area contributed by atoms with E-state index in [2.05, 4.69) is 0 Å². The molecule has 1 aliphatic heterocycles. The van der Waals surface area contributed by atoms with Gasteiger partial charge in [-0.05, 0) is 36.8 Å². The van der Waals surface area contributed by atoms with Gasteiger partial charge in [-0.25, -0.2) is 8.42 Å². The Balaban J connectivity index is 1.68. The van der Waals surface area contributed by atoms with Gasteiger partial charge in [0.2, 0.25) is 12.7 Å². The van der Waals surface area contributed by atoms with Crippen molar-refractivity contribution in [3.8, 4) is 11.5 Å². The minimum absolute atomic E-state index is 0.113. The maximum absolute atomic E-state index is 12.6. The number of thiophene rings is 1. The van der Waals surface area contributed by atoms with Gasteiger partial charge in [0.1, 0.15) is 4.21 Å². The highest BCUT2D eigenvalue weighted by Gasteiger charge is 2.26. The monoisotopic (exact) mass is 430 g/mol. The first-order chi connectivity index (χ1) is 12.8. The molecule has 0 saturated heterocycles. The summed E-state index contributed by atoms with van der Waals surface area (Å²) in [6.07, 6.45) is 0. The topological polar surface area (TPSA) is 76.2 Å². The fourth-order valence-corrected chi connectivity index (χ4v) is 5.42. The molecule has 27 heavy (non-hydrogen) atoms. The standard InChI is InChI=1S/C17H19ClN2O5S2/c1-3-20(9-12-4-5-13-14(8-12)25-11-24-13)16(21)10-19(2)27(22,23)17-7-6-15(18)26-17/h4-8H,3,9-11H2,1-2H3. The van der Waals surface area contributed by atoms with E-state index in [1.165, 1.54) is 19.2 Å². The summed E-state index contributed by atoms with van der Waals surface area (Å²) < 4.78 is 37.3. The lowest BCUT2D eigenvalue weighted by Gasteiger charge is -2.24. The van der Waals surface area contributed by atoms with Crippen LogP contribution in [0.5, 0.6) is 11.5 Å². The number of fused-ring (bicyclic) bond motifs is 1. The molecule has 0 spiro atoms. The van der Waals surface area contributed by atoms with Crippen LogP contribution >= 0.6 is 22.9 Å². The Labute approximate surface area is 167 Å². The van der Waals surface area contributed by atoms with Gasteiger partial charge in [0.15, 0.2) is 11.5 Å². The van der Waals surface area contributed by atoms with Gasteiger partial charge in [-0.1, -0.05) is 17.7 Å². The van der Waals surface area contributed by atoms with Crippen molar-refractivity contribution in [3.63, 3.8) is 0 Å². The van der Waals surface area contributed by atoms with Gasteiger partial charge in [0.05, 0.1) is 10.9 Å². The van der Waals surface area contributed by atoms with Gasteiger partial charge in [-0.3, -0.25) is 4.79 Å². The minimum atomic E-state index is -3.75. The number of hydrogen-bond donors (Lipinski definition) is 0. The number of benzene rings is 1. The van der Waals surface area contributed by atoms with Crippen molar-refractivity contribution in [1.29, 1.82) is 0 Å². The lowest BCUT2D eigenvalue weighted by Crippen LogP contribution is -2.40. The number of rotatable bonds is 7. The molecule has 3 rings (SSSR count). The first-order valence-electron chi connectivity index (χ1n) is 8.19. The average Bonchev–Trinajstić information content (AvgIpc) is 3.27.